The lowest BCUT2D eigenvalue weighted by molar-refractivity contribution is -0.138. The molecule has 1 aromatic carbocycles. The van der Waals surface area contributed by atoms with Crippen molar-refractivity contribution in [1.82, 2.24) is 14.8 Å². The Morgan fingerprint density at radius 3 is 2.78 bits per heavy atom. The zero-order valence-corrected chi connectivity index (χ0v) is 16.3. The van der Waals surface area contributed by atoms with Crippen LogP contribution >= 0.6 is 11.3 Å². The number of carbonyl (C=O) groups excluding carboxylic acids is 1. The molecule has 3 rings (SSSR count). The van der Waals surface area contributed by atoms with E-state index in [4.69, 9.17) is 5.11 Å². The van der Waals surface area contributed by atoms with Gasteiger partial charge in [-0.3, -0.25) is 14.5 Å². The normalized spacial score (nSPS) is 17.7. The third-order valence-corrected chi connectivity index (χ3v) is 5.81. The van der Waals surface area contributed by atoms with Crippen molar-refractivity contribution in [2.24, 2.45) is 0 Å². The number of hydrogen-bond acceptors (Lipinski definition) is 5. The highest BCUT2D eigenvalue weighted by Gasteiger charge is 2.25. The third kappa shape index (κ3) is 5.37. The number of likely N-dealkylation sites (N-methyl/N-ethyl adjacent to an activating group) is 1. The van der Waals surface area contributed by atoms with Gasteiger partial charge in [0.2, 0.25) is 0 Å². The van der Waals surface area contributed by atoms with Crippen molar-refractivity contribution in [2.75, 3.05) is 26.7 Å². The van der Waals surface area contributed by atoms with Crippen molar-refractivity contribution in [3.8, 4) is 0 Å². The van der Waals surface area contributed by atoms with Gasteiger partial charge < -0.3 is 10.0 Å². The number of nitrogens with zero attached hydrogens (tertiary/aromatic N) is 3. The summed E-state index contributed by atoms with van der Waals surface area (Å²) >= 11 is 1.52. The maximum absolute atomic E-state index is 12.8. The summed E-state index contributed by atoms with van der Waals surface area (Å²) in [6.07, 6.45) is 3.31. The minimum absolute atomic E-state index is 0.0212. The van der Waals surface area contributed by atoms with Gasteiger partial charge in [0.05, 0.1) is 11.6 Å². The summed E-state index contributed by atoms with van der Waals surface area (Å²) in [6, 6.07) is 10.3. The zero-order chi connectivity index (χ0) is 19.2. The number of rotatable bonds is 6. The van der Waals surface area contributed by atoms with Crippen LogP contribution in [0.5, 0.6) is 0 Å². The van der Waals surface area contributed by atoms with Gasteiger partial charge in [-0.05, 0) is 31.9 Å². The Bertz CT molecular complexity index is 778. The molecule has 1 N–H and O–H groups in total. The molecule has 144 valence electrons. The molecule has 1 unspecified atom stereocenters. The van der Waals surface area contributed by atoms with E-state index in [-0.39, 0.29) is 18.5 Å². The Morgan fingerprint density at radius 1 is 1.26 bits per heavy atom. The van der Waals surface area contributed by atoms with Crippen LogP contribution in [0.4, 0.5) is 0 Å². The smallest absolute Gasteiger partial charge is 0.317 e. The molecule has 1 amide bonds. The molecule has 1 aliphatic heterocycles. The number of aromatic nitrogens is 1. The fraction of sp³-hybridized carbons (Fsp3) is 0.450. The molecular weight excluding hydrogens is 362 g/mol. The molecule has 1 aliphatic rings. The molecule has 6 nitrogen and oxygen atoms in total. The number of benzene rings is 1. The Balaban J connectivity index is 1.59. The van der Waals surface area contributed by atoms with Crippen LogP contribution in [0.15, 0.2) is 35.7 Å². The lowest BCUT2D eigenvalue weighted by Crippen LogP contribution is -2.37. The zero-order valence-electron chi connectivity index (χ0n) is 15.5. The van der Waals surface area contributed by atoms with Crippen molar-refractivity contribution in [3.63, 3.8) is 0 Å². The average Bonchev–Trinajstić information content (AvgIpc) is 2.96. The Kier molecular flexibility index (Phi) is 6.58. The second-order valence-electron chi connectivity index (χ2n) is 6.97. The number of carboxylic acids is 1. The molecule has 27 heavy (non-hydrogen) atoms. The number of aliphatic carboxylic acids is 1. The summed E-state index contributed by atoms with van der Waals surface area (Å²) in [4.78, 5) is 32.0. The van der Waals surface area contributed by atoms with Crippen molar-refractivity contribution in [1.29, 1.82) is 0 Å². The molecule has 1 saturated heterocycles. The second kappa shape index (κ2) is 9.10. The first-order chi connectivity index (χ1) is 13.0. The summed E-state index contributed by atoms with van der Waals surface area (Å²) < 4.78 is 0. The molecule has 7 heteroatoms. The van der Waals surface area contributed by atoms with E-state index >= 15 is 0 Å². The van der Waals surface area contributed by atoms with E-state index in [1.54, 1.807) is 0 Å². The number of thiazole rings is 1. The van der Waals surface area contributed by atoms with Gasteiger partial charge in [0.1, 0.15) is 5.69 Å². The van der Waals surface area contributed by atoms with E-state index in [2.05, 4.69) is 17.1 Å². The third-order valence-electron chi connectivity index (χ3n) is 4.96. The lowest BCUT2D eigenvalue weighted by atomic mass is 10.1. The molecule has 0 aliphatic carbocycles. The van der Waals surface area contributed by atoms with Gasteiger partial charge >= 0.3 is 5.97 Å². The van der Waals surface area contributed by atoms with Gasteiger partial charge in [-0.25, -0.2) is 4.98 Å². The Labute approximate surface area is 163 Å². The fourth-order valence-corrected chi connectivity index (χ4v) is 4.29. The second-order valence-corrected chi connectivity index (χ2v) is 7.92. The summed E-state index contributed by atoms with van der Waals surface area (Å²) in [7, 11) is 1.84. The van der Waals surface area contributed by atoms with E-state index in [1.807, 2.05) is 40.4 Å². The number of amides is 1. The van der Waals surface area contributed by atoms with Crippen LogP contribution in [0.2, 0.25) is 0 Å². The van der Waals surface area contributed by atoms with Crippen molar-refractivity contribution < 1.29 is 14.7 Å². The Hall–Kier alpha value is -2.25. The van der Waals surface area contributed by atoms with Crippen molar-refractivity contribution in [2.45, 2.75) is 31.7 Å². The highest BCUT2D eigenvalue weighted by atomic mass is 32.1. The summed E-state index contributed by atoms with van der Waals surface area (Å²) in [5, 5.41) is 11.8. The molecule has 1 fully saturated rings. The fourth-order valence-electron chi connectivity index (χ4n) is 3.49. The summed E-state index contributed by atoms with van der Waals surface area (Å²) in [6.45, 7) is 1.37. The number of hydrogen-bond donors (Lipinski definition) is 1. The first-order valence-electron chi connectivity index (χ1n) is 9.22. The number of carbonyl (C=O) groups is 2. The molecular formula is C20H25N3O3S. The van der Waals surface area contributed by atoms with Crippen LogP contribution in [0, 0.1) is 0 Å². The molecule has 2 aromatic rings. The van der Waals surface area contributed by atoms with Gasteiger partial charge in [0.25, 0.3) is 5.91 Å². The largest absolute Gasteiger partial charge is 0.480 e. The number of likely N-dealkylation sites (tertiary alicyclic amines) is 1. The SMILES string of the molecule is CN(CC(=O)O)C1CCCN(C(=O)c2csc(Cc3ccccc3)n2)CC1. The minimum atomic E-state index is -0.817. The minimum Gasteiger partial charge on any atom is -0.480 e. The van der Waals surface area contributed by atoms with Gasteiger partial charge in [-0.15, -0.1) is 11.3 Å². The predicted molar refractivity (Wildman–Crippen MR) is 105 cm³/mol. The molecule has 1 atom stereocenters. The standard InChI is InChI=1S/C20H25N3O3S/c1-22(13-19(24)25)16-8-5-10-23(11-9-16)20(26)17-14-27-18(21-17)12-15-6-3-2-4-7-15/h2-4,6-7,14,16H,5,8-13H2,1H3,(H,24,25). The van der Waals surface area contributed by atoms with Gasteiger partial charge in [-0.2, -0.15) is 0 Å². The number of carboxylic acid groups (broad SMARTS) is 1. The quantitative estimate of drug-likeness (QED) is 0.825. The Morgan fingerprint density at radius 2 is 2.04 bits per heavy atom. The van der Waals surface area contributed by atoms with Crippen LogP contribution in [-0.2, 0) is 11.2 Å². The summed E-state index contributed by atoms with van der Waals surface area (Å²) in [5.41, 5.74) is 1.70. The highest BCUT2D eigenvalue weighted by molar-refractivity contribution is 7.09. The molecule has 0 spiro atoms. The first-order valence-corrected chi connectivity index (χ1v) is 10.1. The average molecular weight is 388 g/mol. The van der Waals surface area contributed by atoms with Crippen LogP contribution in [0.1, 0.15) is 40.3 Å². The monoisotopic (exact) mass is 387 g/mol. The molecule has 0 bridgehead atoms. The van der Waals surface area contributed by atoms with Gasteiger partial charge in [0.15, 0.2) is 0 Å². The lowest BCUT2D eigenvalue weighted by Gasteiger charge is -2.25. The first kappa shape index (κ1) is 19.5. The maximum atomic E-state index is 12.8. The van der Waals surface area contributed by atoms with Crippen molar-refractivity contribution in [3.05, 3.63) is 52.0 Å². The predicted octanol–water partition coefficient (Wildman–Crippen LogP) is 2.75. The van der Waals surface area contributed by atoms with Crippen LogP contribution < -0.4 is 0 Å². The van der Waals surface area contributed by atoms with E-state index in [0.717, 1.165) is 30.7 Å². The topological polar surface area (TPSA) is 73.7 Å². The summed E-state index contributed by atoms with van der Waals surface area (Å²) in [5.74, 6) is -0.838. The van der Waals surface area contributed by atoms with E-state index < -0.39 is 5.97 Å². The highest BCUT2D eigenvalue weighted by Crippen LogP contribution is 2.20. The molecule has 0 radical (unpaired) electrons. The van der Waals surface area contributed by atoms with Gasteiger partial charge in [0, 0.05) is 30.9 Å². The van der Waals surface area contributed by atoms with Crippen LogP contribution in [0.25, 0.3) is 0 Å². The van der Waals surface area contributed by atoms with Gasteiger partial charge in [-0.1, -0.05) is 30.3 Å². The molecule has 2 heterocycles. The van der Waals surface area contributed by atoms with Crippen LogP contribution in [-0.4, -0.2) is 64.5 Å². The van der Waals surface area contributed by atoms with E-state index in [1.165, 1.54) is 16.9 Å². The maximum Gasteiger partial charge on any atom is 0.317 e. The van der Waals surface area contributed by atoms with Crippen molar-refractivity contribution >= 4 is 23.2 Å². The van der Waals surface area contributed by atoms with Crippen LogP contribution in [0.3, 0.4) is 0 Å². The van der Waals surface area contributed by atoms with E-state index in [9.17, 15) is 9.59 Å². The molecule has 0 saturated carbocycles. The molecule has 1 aromatic heterocycles. The van der Waals surface area contributed by atoms with E-state index in [0.29, 0.717) is 18.8 Å².